The van der Waals surface area contributed by atoms with E-state index in [2.05, 4.69) is 5.32 Å². The minimum atomic E-state index is -0.849. The summed E-state index contributed by atoms with van der Waals surface area (Å²) in [6.07, 6.45) is 6.31. The summed E-state index contributed by atoms with van der Waals surface area (Å²) >= 11 is 0. The Morgan fingerprint density at radius 2 is 1.96 bits per heavy atom. The van der Waals surface area contributed by atoms with Crippen molar-refractivity contribution in [1.82, 2.24) is 5.32 Å². The van der Waals surface area contributed by atoms with Crippen LogP contribution in [0.2, 0.25) is 0 Å². The summed E-state index contributed by atoms with van der Waals surface area (Å²) in [6.45, 7) is 1.95. The van der Waals surface area contributed by atoms with E-state index in [-0.39, 0.29) is 24.2 Å². The van der Waals surface area contributed by atoms with Gasteiger partial charge in [0.1, 0.15) is 5.82 Å². The minimum absolute atomic E-state index is 0.123. The van der Waals surface area contributed by atoms with Crippen LogP contribution in [-0.2, 0) is 15.0 Å². The molecule has 0 aliphatic heterocycles. The first-order valence-electron chi connectivity index (χ1n) is 9.22. The second kappa shape index (κ2) is 7.14. The first-order valence-corrected chi connectivity index (χ1v) is 9.22. The standard InChI is InChI=1S/C20H26FNO3/c1-13-7-8-16(17(21)11-13)20(9-10-20)19(25)22-12-15(18(23)24)14-5-3-2-4-6-14/h7-8,11,14-15H,2-6,9-10,12H2,1H3,(H,22,25)(H,23,24). The quantitative estimate of drug-likeness (QED) is 0.827. The zero-order chi connectivity index (χ0) is 18.0. The fourth-order valence-electron chi connectivity index (χ4n) is 4.12. The molecule has 1 unspecified atom stereocenters. The molecule has 0 radical (unpaired) electrons. The molecule has 2 fully saturated rings. The van der Waals surface area contributed by atoms with E-state index in [4.69, 9.17) is 0 Å². The zero-order valence-electron chi connectivity index (χ0n) is 14.7. The van der Waals surface area contributed by atoms with Crippen LogP contribution in [0.25, 0.3) is 0 Å². The van der Waals surface area contributed by atoms with Crippen molar-refractivity contribution >= 4 is 11.9 Å². The normalized spacial score (nSPS) is 20.7. The molecular formula is C20H26FNO3. The number of carbonyl (C=O) groups is 2. The molecule has 25 heavy (non-hydrogen) atoms. The molecule has 3 rings (SSSR count). The third kappa shape index (κ3) is 3.70. The van der Waals surface area contributed by atoms with Crippen molar-refractivity contribution < 1.29 is 19.1 Å². The van der Waals surface area contributed by atoms with Gasteiger partial charge in [-0.2, -0.15) is 0 Å². The summed E-state index contributed by atoms with van der Waals surface area (Å²) in [4.78, 5) is 24.3. The predicted molar refractivity (Wildman–Crippen MR) is 92.8 cm³/mol. The molecule has 0 heterocycles. The van der Waals surface area contributed by atoms with Crippen molar-refractivity contribution in [2.24, 2.45) is 11.8 Å². The van der Waals surface area contributed by atoms with E-state index in [1.165, 1.54) is 6.07 Å². The van der Waals surface area contributed by atoms with Crippen LogP contribution >= 0.6 is 0 Å². The number of carboxylic acid groups (broad SMARTS) is 1. The van der Waals surface area contributed by atoms with Gasteiger partial charge in [0.15, 0.2) is 0 Å². The van der Waals surface area contributed by atoms with Gasteiger partial charge >= 0.3 is 5.97 Å². The van der Waals surface area contributed by atoms with Crippen LogP contribution in [0.5, 0.6) is 0 Å². The maximum absolute atomic E-state index is 14.3. The van der Waals surface area contributed by atoms with Crippen LogP contribution in [0.3, 0.4) is 0 Å². The molecule has 2 saturated carbocycles. The Kier molecular flexibility index (Phi) is 5.11. The lowest BCUT2D eigenvalue weighted by Crippen LogP contribution is -2.42. The van der Waals surface area contributed by atoms with Gasteiger partial charge in [0.25, 0.3) is 0 Å². The summed E-state index contributed by atoms with van der Waals surface area (Å²) in [5, 5.41) is 12.4. The van der Waals surface area contributed by atoms with Gasteiger partial charge in [0.2, 0.25) is 5.91 Å². The molecule has 136 valence electrons. The second-order valence-corrected chi connectivity index (χ2v) is 7.62. The SMILES string of the molecule is Cc1ccc(C2(C(=O)NCC(C(=O)O)C3CCCCC3)CC2)c(F)c1. The Morgan fingerprint density at radius 3 is 2.52 bits per heavy atom. The van der Waals surface area contributed by atoms with Crippen molar-refractivity contribution in [3.05, 3.63) is 35.1 Å². The van der Waals surface area contributed by atoms with Gasteiger partial charge in [0, 0.05) is 12.1 Å². The lowest BCUT2D eigenvalue weighted by atomic mass is 9.80. The van der Waals surface area contributed by atoms with Gasteiger partial charge in [-0.15, -0.1) is 0 Å². The largest absolute Gasteiger partial charge is 0.481 e. The maximum Gasteiger partial charge on any atom is 0.308 e. The number of halogens is 1. The average Bonchev–Trinajstić information content (AvgIpc) is 3.37. The molecule has 0 saturated heterocycles. The van der Waals surface area contributed by atoms with E-state index in [0.29, 0.717) is 18.4 Å². The Morgan fingerprint density at radius 1 is 1.28 bits per heavy atom. The first-order chi connectivity index (χ1) is 11.9. The van der Waals surface area contributed by atoms with Crippen LogP contribution in [0.1, 0.15) is 56.1 Å². The number of nitrogens with one attached hydrogen (secondary N) is 1. The molecule has 1 aromatic rings. The third-order valence-corrected chi connectivity index (χ3v) is 5.84. The molecule has 2 aliphatic carbocycles. The van der Waals surface area contributed by atoms with Crippen LogP contribution < -0.4 is 5.32 Å². The Bertz CT molecular complexity index is 663. The lowest BCUT2D eigenvalue weighted by molar-refractivity contribution is -0.144. The first kappa shape index (κ1) is 17.9. The predicted octanol–water partition coefficient (Wildman–Crippen LogP) is 3.56. The van der Waals surface area contributed by atoms with Gasteiger partial charge in [0.05, 0.1) is 11.3 Å². The Balaban J connectivity index is 1.67. The average molecular weight is 347 g/mol. The highest BCUT2D eigenvalue weighted by Crippen LogP contribution is 2.49. The van der Waals surface area contributed by atoms with Crippen molar-refractivity contribution in [3.63, 3.8) is 0 Å². The summed E-state index contributed by atoms with van der Waals surface area (Å²) in [6, 6.07) is 4.95. The number of benzene rings is 1. The Hall–Kier alpha value is -1.91. The highest BCUT2D eigenvalue weighted by Gasteiger charge is 2.52. The molecule has 5 heteroatoms. The molecule has 1 amide bonds. The molecule has 2 aliphatic rings. The van der Waals surface area contributed by atoms with Gasteiger partial charge in [-0.05, 0) is 50.2 Å². The molecule has 1 aromatic carbocycles. The van der Waals surface area contributed by atoms with Crippen molar-refractivity contribution in [2.45, 2.75) is 57.3 Å². The van der Waals surface area contributed by atoms with Gasteiger partial charge in [-0.1, -0.05) is 31.4 Å². The number of amides is 1. The van der Waals surface area contributed by atoms with E-state index in [1.807, 2.05) is 13.0 Å². The van der Waals surface area contributed by atoms with Crippen molar-refractivity contribution in [1.29, 1.82) is 0 Å². The van der Waals surface area contributed by atoms with Crippen LogP contribution in [0.4, 0.5) is 4.39 Å². The summed E-state index contributed by atoms with van der Waals surface area (Å²) in [5.41, 5.74) is 0.439. The van der Waals surface area contributed by atoms with Crippen molar-refractivity contribution in [2.75, 3.05) is 6.54 Å². The molecule has 4 nitrogen and oxygen atoms in total. The van der Waals surface area contributed by atoms with Crippen LogP contribution in [-0.4, -0.2) is 23.5 Å². The fraction of sp³-hybridized carbons (Fsp3) is 0.600. The summed E-state index contributed by atoms with van der Waals surface area (Å²) in [7, 11) is 0. The second-order valence-electron chi connectivity index (χ2n) is 7.62. The van der Waals surface area contributed by atoms with Crippen molar-refractivity contribution in [3.8, 4) is 0 Å². The number of rotatable bonds is 6. The highest BCUT2D eigenvalue weighted by molar-refractivity contribution is 5.91. The zero-order valence-corrected chi connectivity index (χ0v) is 14.7. The van der Waals surface area contributed by atoms with E-state index in [0.717, 1.165) is 37.7 Å². The van der Waals surface area contributed by atoms with E-state index in [9.17, 15) is 19.1 Å². The van der Waals surface area contributed by atoms with Gasteiger partial charge in [-0.3, -0.25) is 9.59 Å². The molecule has 2 N–H and O–H groups in total. The number of aryl methyl sites for hydroxylation is 1. The number of hydrogen-bond acceptors (Lipinski definition) is 2. The molecular weight excluding hydrogens is 321 g/mol. The number of aliphatic carboxylic acids is 1. The summed E-state index contributed by atoms with van der Waals surface area (Å²) < 4.78 is 14.3. The van der Waals surface area contributed by atoms with Gasteiger partial charge < -0.3 is 10.4 Å². The smallest absolute Gasteiger partial charge is 0.308 e. The third-order valence-electron chi connectivity index (χ3n) is 5.84. The van der Waals surface area contributed by atoms with E-state index < -0.39 is 17.3 Å². The van der Waals surface area contributed by atoms with E-state index >= 15 is 0 Å². The highest BCUT2D eigenvalue weighted by atomic mass is 19.1. The maximum atomic E-state index is 14.3. The molecule has 0 spiro atoms. The van der Waals surface area contributed by atoms with E-state index in [1.54, 1.807) is 6.07 Å². The number of carbonyl (C=O) groups excluding carboxylic acids is 1. The molecule has 0 aromatic heterocycles. The molecule has 0 bridgehead atoms. The fourth-order valence-corrected chi connectivity index (χ4v) is 4.12. The summed E-state index contributed by atoms with van der Waals surface area (Å²) in [5.74, 6) is -1.87. The minimum Gasteiger partial charge on any atom is -0.481 e. The monoisotopic (exact) mass is 347 g/mol. The lowest BCUT2D eigenvalue weighted by Gasteiger charge is -2.28. The number of hydrogen-bond donors (Lipinski definition) is 2. The van der Waals surface area contributed by atoms with Crippen LogP contribution in [0, 0.1) is 24.6 Å². The molecule has 1 atom stereocenters. The topological polar surface area (TPSA) is 66.4 Å². The number of carboxylic acids is 1. The Labute approximate surface area is 147 Å². The van der Waals surface area contributed by atoms with Gasteiger partial charge in [-0.25, -0.2) is 4.39 Å². The van der Waals surface area contributed by atoms with Crippen LogP contribution in [0.15, 0.2) is 18.2 Å².